The summed E-state index contributed by atoms with van der Waals surface area (Å²) in [7, 11) is -3.72. The molecule has 5 nitrogen and oxygen atoms in total. The Hall–Kier alpha value is -1.12. The molecule has 0 atom stereocenters. The van der Waals surface area contributed by atoms with Gasteiger partial charge in [0.05, 0.1) is 5.75 Å². The highest BCUT2D eigenvalue weighted by molar-refractivity contribution is 8.15. The minimum atomic E-state index is -3.72. The lowest BCUT2D eigenvalue weighted by Crippen LogP contribution is -2.30. The van der Waals surface area contributed by atoms with Crippen molar-refractivity contribution in [3.63, 3.8) is 0 Å². The van der Waals surface area contributed by atoms with Crippen LogP contribution in [0, 0.1) is 0 Å². The smallest absolute Gasteiger partial charge is 0.286 e. The molecule has 2 heterocycles. The summed E-state index contributed by atoms with van der Waals surface area (Å²) in [6, 6.07) is 3.13. The summed E-state index contributed by atoms with van der Waals surface area (Å²) >= 11 is 2.23. The lowest BCUT2D eigenvalue weighted by atomic mass is 10.5. The summed E-state index contributed by atoms with van der Waals surface area (Å²) in [6.07, 6.45) is 1.54. The van der Waals surface area contributed by atoms with E-state index in [1.165, 1.54) is 17.0 Å². The van der Waals surface area contributed by atoms with E-state index in [9.17, 15) is 13.2 Å². The quantitative estimate of drug-likeness (QED) is 0.792. The van der Waals surface area contributed by atoms with E-state index >= 15 is 0 Å². The highest BCUT2D eigenvalue weighted by Gasteiger charge is 2.29. The molecule has 0 bridgehead atoms. The molecule has 1 aliphatic heterocycles. The van der Waals surface area contributed by atoms with Crippen molar-refractivity contribution in [2.24, 2.45) is 4.40 Å². The first-order valence-corrected chi connectivity index (χ1v) is 8.27. The number of carbonyl (C=O) groups excluding carboxylic acids is 1. The van der Waals surface area contributed by atoms with Crippen molar-refractivity contribution in [3.8, 4) is 0 Å². The summed E-state index contributed by atoms with van der Waals surface area (Å²) in [5, 5.41) is 1.88. The van der Waals surface area contributed by atoms with Crippen LogP contribution in [0.15, 0.2) is 38.8 Å². The molecule has 0 unspecified atom stereocenters. The third kappa shape index (κ3) is 2.65. The van der Waals surface area contributed by atoms with Crippen LogP contribution >= 0.6 is 23.1 Å². The zero-order valence-electron chi connectivity index (χ0n) is 9.27. The second-order valence-electron chi connectivity index (χ2n) is 3.36. The third-order valence-corrected chi connectivity index (χ3v) is 5.83. The molecule has 1 aromatic rings. The molecular formula is C10H10N2O3S3. The van der Waals surface area contributed by atoms with Crippen molar-refractivity contribution in [2.75, 3.05) is 12.3 Å². The van der Waals surface area contributed by atoms with Crippen LogP contribution < -0.4 is 0 Å². The Morgan fingerprint density at radius 1 is 1.56 bits per heavy atom. The van der Waals surface area contributed by atoms with Gasteiger partial charge in [0.25, 0.3) is 10.0 Å². The molecule has 0 aromatic carbocycles. The average Bonchev–Trinajstić information content (AvgIpc) is 2.93. The van der Waals surface area contributed by atoms with Gasteiger partial charge >= 0.3 is 0 Å². The van der Waals surface area contributed by atoms with E-state index < -0.39 is 10.0 Å². The summed E-state index contributed by atoms with van der Waals surface area (Å²) in [4.78, 5) is 12.9. The number of hydrogen-bond acceptors (Lipinski definition) is 5. The summed E-state index contributed by atoms with van der Waals surface area (Å²) in [6.45, 7) is 3.80. The third-order valence-electron chi connectivity index (χ3n) is 2.12. The van der Waals surface area contributed by atoms with Gasteiger partial charge in [-0.15, -0.1) is 22.3 Å². The van der Waals surface area contributed by atoms with Crippen molar-refractivity contribution in [2.45, 2.75) is 4.21 Å². The van der Waals surface area contributed by atoms with Gasteiger partial charge in [-0.2, -0.15) is 8.42 Å². The molecule has 1 amide bonds. The van der Waals surface area contributed by atoms with Crippen molar-refractivity contribution in [3.05, 3.63) is 30.2 Å². The molecule has 0 saturated carbocycles. The Morgan fingerprint density at radius 3 is 2.94 bits per heavy atom. The van der Waals surface area contributed by atoms with E-state index in [0.717, 1.165) is 23.1 Å². The van der Waals surface area contributed by atoms with Crippen LogP contribution in [0.25, 0.3) is 0 Å². The largest absolute Gasteiger partial charge is 0.294 e. The van der Waals surface area contributed by atoms with Crippen LogP contribution in [0.2, 0.25) is 0 Å². The first-order valence-electron chi connectivity index (χ1n) is 4.97. The number of carbonyl (C=O) groups is 1. The van der Waals surface area contributed by atoms with E-state index in [-0.39, 0.29) is 27.6 Å². The molecule has 1 fully saturated rings. The fourth-order valence-electron chi connectivity index (χ4n) is 1.33. The van der Waals surface area contributed by atoms with Gasteiger partial charge in [0.2, 0.25) is 5.91 Å². The van der Waals surface area contributed by atoms with Gasteiger partial charge in [-0.25, -0.2) is 0 Å². The number of amidine groups is 1. The standard InChI is InChI=1S/C10H10N2O3S3/c1-2-5-12-8(13)7-17-10(12)11-18(14,15)9-4-3-6-16-9/h2-4,6H,1,5,7H2/b11-10+. The molecule has 1 aromatic heterocycles. The van der Waals surface area contributed by atoms with Gasteiger partial charge in [-0.05, 0) is 11.4 Å². The summed E-state index contributed by atoms with van der Waals surface area (Å²) in [5.74, 6) is 0.0622. The fourth-order valence-corrected chi connectivity index (χ4v) is 4.44. The monoisotopic (exact) mass is 302 g/mol. The van der Waals surface area contributed by atoms with Crippen LogP contribution in [0.1, 0.15) is 0 Å². The molecule has 1 aliphatic rings. The predicted molar refractivity (Wildman–Crippen MR) is 73.3 cm³/mol. The molecule has 1 saturated heterocycles. The number of thioether (sulfide) groups is 1. The van der Waals surface area contributed by atoms with Gasteiger partial charge in [0, 0.05) is 6.54 Å². The number of thiophene rings is 1. The number of sulfonamides is 1. The molecule has 0 spiro atoms. The van der Waals surface area contributed by atoms with E-state index in [2.05, 4.69) is 11.0 Å². The van der Waals surface area contributed by atoms with Crippen molar-refractivity contribution >= 4 is 44.2 Å². The SMILES string of the molecule is C=CCN1C(=O)CS/C1=N/S(=O)(=O)c1cccs1. The van der Waals surface area contributed by atoms with E-state index in [1.54, 1.807) is 11.4 Å². The molecule has 18 heavy (non-hydrogen) atoms. The van der Waals surface area contributed by atoms with Gasteiger partial charge in [-0.1, -0.05) is 23.9 Å². The Balaban J connectivity index is 2.33. The molecule has 0 radical (unpaired) electrons. The zero-order chi connectivity index (χ0) is 13.2. The van der Waals surface area contributed by atoms with Gasteiger partial charge in [0.15, 0.2) is 5.17 Å². The molecule has 0 aliphatic carbocycles. The first-order chi connectivity index (χ1) is 8.54. The second kappa shape index (κ2) is 5.25. The topological polar surface area (TPSA) is 66.8 Å². The molecule has 96 valence electrons. The zero-order valence-corrected chi connectivity index (χ0v) is 11.7. The highest BCUT2D eigenvalue weighted by atomic mass is 32.2. The maximum absolute atomic E-state index is 12.0. The van der Waals surface area contributed by atoms with Gasteiger partial charge in [-0.3, -0.25) is 9.69 Å². The summed E-state index contributed by atoms with van der Waals surface area (Å²) < 4.78 is 27.8. The lowest BCUT2D eigenvalue weighted by molar-refractivity contribution is -0.123. The van der Waals surface area contributed by atoms with Crippen LogP contribution in [0.5, 0.6) is 0 Å². The van der Waals surface area contributed by atoms with Crippen LogP contribution in [-0.4, -0.2) is 36.7 Å². The normalized spacial score (nSPS) is 18.6. The Labute approximate surface area is 113 Å². The Bertz CT molecular complexity index is 590. The number of rotatable bonds is 4. The molecular weight excluding hydrogens is 292 g/mol. The molecule has 2 rings (SSSR count). The lowest BCUT2D eigenvalue weighted by Gasteiger charge is -2.12. The maximum Gasteiger partial charge on any atom is 0.294 e. The maximum atomic E-state index is 12.0. The summed E-state index contributed by atoms with van der Waals surface area (Å²) in [5.41, 5.74) is 0. The van der Waals surface area contributed by atoms with Gasteiger partial charge < -0.3 is 0 Å². The van der Waals surface area contributed by atoms with Crippen LogP contribution in [0.4, 0.5) is 0 Å². The average molecular weight is 302 g/mol. The van der Waals surface area contributed by atoms with E-state index in [4.69, 9.17) is 0 Å². The van der Waals surface area contributed by atoms with Crippen LogP contribution in [0.3, 0.4) is 0 Å². The molecule has 8 heteroatoms. The predicted octanol–water partition coefficient (Wildman–Crippen LogP) is 1.55. The van der Waals surface area contributed by atoms with E-state index in [0.29, 0.717) is 0 Å². The number of amides is 1. The second-order valence-corrected chi connectivity index (χ2v) is 7.08. The first kappa shape index (κ1) is 13.3. The van der Waals surface area contributed by atoms with Crippen LogP contribution in [-0.2, 0) is 14.8 Å². The number of nitrogens with zero attached hydrogens (tertiary/aromatic N) is 2. The van der Waals surface area contributed by atoms with Crippen molar-refractivity contribution in [1.29, 1.82) is 0 Å². The van der Waals surface area contributed by atoms with Gasteiger partial charge in [0.1, 0.15) is 4.21 Å². The minimum absolute atomic E-state index is 0.153. The highest BCUT2D eigenvalue weighted by Crippen LogP contribution is 2.24. The minimum Gasteiger partial charge on any atom is -0.286 e. The van der Waals surface area contributed by atoms with Crippen molar-refractivity contribution < 1.29 is 13.2 Å². The van der Waals surface area contributed by atoms with E-state index in [1.807, 2.05) is 0 Å². The number of hydrogen-bond donors (Lipinski definition) is 0. The fraction of sp³-hybridized carbons (Fsp3) is 0.200. The Kier molecular flexibility index (Phi) is 3.88. The molecule has 0 N–H and O–H groups in total. The Morgan fingerprint density at radius 2 is 2.33 bits per heavy atom. The van der Waals surface area contributed by atoms with Crippen molar-refractivity contribution in [1.82, 2.24) is 4.90 Å².